The lowest BCUT2D eigenvalue weighted by Crippen LogP contribution is -2.28. The average molecular weight is 397 g/mol. The van der Waals surface area contributed by atoms with Crippen molar-refractivity contribution in [3.63, 3.8) is 0 Å². The summed E-state index contributed by atoms with van der Waals surface area (Å²) in [4.78, 5) is 17.9. The molecule has 3 rings (SSSR count). The van der Waals surface area contributed by atoms with E-state index in [0.717, 1.165) is 21.1 Å². The molecule has 0 bridgehead atoms. The Morgan fingerprint density at radius 2 is 2.08 bits per heavy atom. The van der Waals surface area contributed by atoms with E-state index in [2.05, 4.69) is 10.3 Å². The zero-order valence-electron chi connectivity index (χ0n) is 12.8. The molecule has 0 aliphatic heterocycles. The number of thiazole rings is 1. The van der Waals surface area contributed by atoms with Crippen molar-refractivity contribution < 1.29 is 4.79 Å². The molecule has 24 heavy (non-hydrogen) atoms. The number of thiophene rings is 1. The summed E-state index contributed by atoms with van der Waals surface area (Å²) >= 11 is 15.1. The van der Waals surface area contributed by atoms with E-state index in [1.165, 1.54) is 0 Å². The van der Waals surface area contributed by atoms with Crippen LogP contribution in [0.4, 0.5) is 0 Å². The summed E-state index contributed by atoms with van der Waals surface area (Å²) in [5.41, 5.74) is 1.69. The highest BCUT2D eigenvalue weighted by molar-refractivity contribution is 7.20. The Balaban J connectivity index is 1.62. The molecule has 1 aromatic carbocycles. The largest absolute Gasteiger partial charge is 0.349 e. The van der Waals surface area contributed by atoms with Gasteiger partial charge in [-0.15, -0.1) is 22.7 Å². The van der Waals surface area contributed by atoms with E-state index in [9.17, 15) is 4.79 Å². The maximum Gasteiger partial charge on any atom is 0.226 e. The number of halogens is 2. The number of amides is 1. The Labute approximate surface area is 158 Å². The number of carbonyl (C=O) groups excluding carboxylic acids is 1. The van der Waals surface area contributed by atoms with E-state index in [-0.39, 0.29) is 18.4 Å². The first-order chi connectivity index (χ1) is 11.5. The van der Waals surface area contributed by atoms with Gasteiger partial charge in [-0.3, -0.25) is 4.79 Å². The van der Waals surface area contributed by atoms with Gasteiger partial charge >= 0.3 is 0 Å². The van der Waals surface area contributed by atoms with E-state index >= 15 is 0 Å². The molecule has 0 aliphatic rings. The number of hydrogen-bond acceptors (Lipinski definition) is 4. The van der Waals surface area contributed by atoms with Crippen LogP contribution in [-0.4, -0.2) is 10.9 Å². The number of benzene rings is 1. The number of nitrogens with zero attached hydrogens (tertiary/aromatic N) is 1. The predicted octanol–water partition coefficient (Wildman–Crippen LogP) is 5.60. The van der Waals surface area contributed by atoms with Crippen molar-refractivity contribution in [1.82, 2.24) is 10.3 Å². The number of aromatic nitrogens is 1. The molecule has 0 aliphatic carbocycles. The van der Waals surface area contributed by atoms with Crippen LogP contribution < -0.4 is 5.32 Å². The predicted molar refractivity (Wildman–Crippen MR) is 102 cm³/mol. The fourth-order valence-corrected chi connectivity index (χ4v) is 4.16. The fraction of sp³-hybridized carbons (Fsp3) is 0.176. The van der Waals surface area contributed by atoms with Gasteiger partial charge in [0.25, 0.3) is 0 Å². The van der Waals surface area contributed by atoms with Crippen LogP contribution in [0.1, 0.15) is 24.2 Å². The average Bonchev–Trinajstić information content (AvgIpc) is 3.20. The molecule has 0 fully saturated rings. The SMILES string of the molecule is C[C@H](NC(=O)Cc1csc(-c2cccs2)n1)c1ccc(Cl)c(Cl)c1. The van der Waals surface area contributed by atoms with Crippen molar-refractivity contribution in [1.29, 1.82) is 0 Å². The van der Waals surface area contributed by atoms with Crippen molar-refractivity contribution in [3.05, 3.63) is 62.4 Å². The van der Waals surface area contributed by atoms with Crippen LogP contribution in [0.25, 0.3) is 9.88 Å². The molecule has 0 saturated carbocycles. The highest BCUT2D eigenvalue weighted by atomic mass is 35.5. The zero-order chi connectivity index (χ0) is 17.1. The van der Waals surface area contributed by atoms with Crippen LogP contribution in [0.2, 0.25) is 10.0 Å². The smallest absolute Gasteiger partial charge is 0.226 e. The second-order valence-electron chi connectivity index (χ2n) is 5.26. The van der Waals surface area contributed by atoms with Crippen molar-refractivity contribution >= 4 is 51.8 Å². The van der Waals surface area contributed by atoms with Gasteiger partial charge < -0.3 is 5.32 Å². The van der Waals surface area contributed by atoms with Crippen molar-refractivity contribution in [2.45, 2.75) is 19.4 Å². The van der Waals surface area contributed by atoms with Crippen LogP contribution in [0, 0.1) is 0 Å². The third kappa shape index (κ3) is 4.16. The van der Waals surface area contributed by atoms with E-state index in [4.69, 9.17) is 23.2 Å². The van der Waals surface area contributed by atoms with Crippen molar-refractivity contribution in [2.24, 2.45) is 0 Å². The molecule has 124 valence electrons. The summed E-state index contributed by atoms with van der Waals surface area (Å²) in [5, 5.41) is 8.84. The first kappa shape index (κ1) is 17.4. The second-order valence-corrected chi connectivity index (χ2v) is 7.88. The third-order valence-electron chi connectivity index (χ3n) is 3.45. The van der Waals surface area contributed by atoms with Gasteiger partial charge in [0.15, 0.2) is 0 Å². The van der Waals surface area contributed by atoms with E-state index in [1.54, 1.807) is 34.8 Å². The molecule has 2 aromatic heterocycles. The lowest BCUT2D eigenvalue weighted by Gasteiger charge is -2.14. The molecule has 3 nitrogen and oxygen atoms in total. The molecule has 0 spiro atoms. The van der Waals surface area contributed by atoms with Gasteiger partial charge in [-0.1, -0.05) is 35.3 Å². The number of hydrogen-bond donors (Lipinski definition) is 1. The minimum Gasteiger partial charge on any atom is -0.349 e. The number of nitrogens with one attached hydrogen (secondary N) is 1. The van der Waals surface area contributed by atoms with E-state index in [0.29, 0.717) is 10.0 Å². The summed E-state index contributed by atoms with van der Waals surface area (Å²) in [5.74, 6) is -0.0726. The summed E-state index contributed by atoms with van der Waals surface area (Å²) < 4.78 is 0. The normalized spacial score (nSPS) is 12.1. The molecular formula is C17H14Cl2N2OS2. The van der Waals surface area contributed by atoms with Gasteiger partial charge in [0.05, 0.1) is 33.1 Å². The van der Waals surface area contributed by atoms with Gasteiger partial charge in [-0.25, -0.2) is 4.98 Å². The molecule has 2 heterocycles. The Hall–Kier alpha value is -1.40. The molecular weight excluding hydrogens is 383 g/mol. The molecule has 1 amide bonds. The Morgan fingerprint density at radius 3 is 2.79 bits per heavy atom. The van der Waals surface area contributed by atoms with Crippen LogP contribution in [0.15, 0.2) is 41.1 Å². The molecule has 0 saturated heterocycles. The summed E-state index contributed by atoms with van der Waals surface area (Å²) in [7, 11) is 0. The minimum absolute atomic E-state index is 0.0726. The standard InChI is InChI=1S/C17H14Cl2N2OS2/c1-10(11-4-5-13(18)14(19)7-11)20-16(22)8-12-9-24-17(21-12)15-3-2-6-23-15/h2-7,9-10H,8H2,1H3,(H,20,22)/t10-/m0/s1. The maximum absolute atomic E-state index is 12.2. The van der Waals surface area contributed by atoms with Crippen LogP contribution in [0.3, 0.4) is 0 Å². The molecule has 1 atom stereocenters. The van der Waals surface area contributed by atoms with E-state index in [1.807, 2.05) is 35.9 Å². The Morgan fingerprint density at radius 1 is 1.25 bits per heavy atom. The Kier molecular flexibility index (Phi) is 5.56. The molecule has 0 unspecified atom stereocenters. The zero-order valence-corrected chi connectivity index (χ0v) is 15.9. The molecule has 7 heteroatoms. The van der Waals surface area contributed by atoms with Crippen molar-refractivity contribution in [2.75, 3.05) is 0 Å². The van der Waals surface area contributed by atoms with Gasteiger partial charge in [-0.05, 0) is 36.1 Å². The molecule has 3 aromatic rings. The van der Waals surface area contributed by atoms with Crippen molar-refractivity contribution in [3.8, 4) is 9.88 Å². The molecule has 0 radical (unpaired) electrons. The number of rotatable bonds is 5. The second kappa shape index (κ2) is 7.66. The highest BCUT2D eigenvalue weighted by Gasteiger charge is 2.13. The molecule has 1 N–H and O–H groups in total. The minimum atomic E-state index is -0.150. The summed E-state index contributed by atoms with van der Waals surface area (Å²) in [6.45, 7) is 1.91. The van der Waals surface area contributed by atoms with Crippen LogP contribution in [-0.2, 0) is 11.2 Å². The highest BCUT2D eigenvalue weighted by Crippen LogP contribution is 2.28. The van der Waals surface area contributed by atoms with Gasteiger partial charge in [0, 0.05) is 5.38 Å². The fourth-order valence-electron chi connectivity index (χ4n) is 2.22. The number of carbonyl (C=O) groups is 1. The topological polar surface area (TPSA) is 42.0 Å². The Bertz CT molecular complexity index is 846. The van der Waals surface area contributed by atoms with E-state index < -0.39 is 0 Å². The third-order valence-corrected chi connectivity index (χ3v) is 6.12. The first-order valence-electron chi connectivity index (χ1n) is 7.25. The lowest BCUT2D eigenvalue weighted by molar-refractivity contribution is -0.121. The van der Waals surface area contributed by atoms with Gasteiger partial charge in [-0.2, -0.15) is 0 Å². The first-order valence-corrected chi connectivity index (χ1v) is 9.77. The quantitative estimate of drug-likeness (QED) is 0.609. The van der Waals surface area contributed by atoms with Gasteiger partial charge in [0.2, 0.25) is 5.91 Å². The lowest BCUT2D eigenvalue weighted by atomic mass is 10.1. The van der Waals surface area contributed by atoms with Crippen LogP contribution in [0.5, 0.6) is 0 Å². The monoisotopic (exact) mass is 396 g/mol. The summed E-state index contributed by atoms with van der Waals surface area (Å²) in [6.07, 6.45) is 0.257. The van der Waals surface area contributed by atoms with Gasteiger partial charge in [0.1, 0.15) is 5.01 Å². The van der Waals surface area contributed by atoms with Crippen LogP contribution >= 0.6 is 45.9 Å². The maximum atomic E-state index is 12.2. The summed E-state index contributed by atoms with van der Waals surface area (Å²) in [6, 6.07) is 9.23.